The highest BCUT2D eigenvalue weighted by Gasteiger charge is 2.17. The third-order valence-electron chi connectivity index (χ3n) is 12.4. The average molecular weight is 898 g/mol. The van der Waals surface area contributed by atoms with Crippen molar-refractivity contribution < 1.29 is 23.8 Å². The predicted molar refractivity (Wildman–Crippen MR) is 279 cm³/mol. The van der Waals surface area contributed by atoms with E-state index < -0.39 is 6.10 Å². The van der Waals surface area contributed by atoms with Crippen molar-refractivity contribution in [3.63, 3.8) is 0 Å². The van der Waals surface area contributed by atoms with E-state index in [0.717, 1.165) is 70.6 Å². The van der Waals surface area contributed by atoms with E-state index >= 15 is 0 Å². The van der Waals surface area contributed by atoms with Crippen LogP contribution in [0.1, 0.15) is 290 Å². The van der Waals surface area contributed by atoms with Crippen molar-refractivity contribution in [1.82, 2.24) is 0 Å². The summed E-state index contributed by atoms with van der Waals surface area (Å²) in [5.74, 6) is -0.428. The second-order valence-electron chi connectivity index (χ2n) is 18.8. The zero-order chi connectivity index (χ0) is 46.3. The Morgan fingerprint density at radius 1 is 0.359 bits per heavy atom. The topological polar surface area (TPSA) is 61.8 Å². The lowest BCUT2D eigenvalue weighted by atomic mass is 10.0. The Morgan fingerprint density at radius 2 is 0.703 bits per heavy atom. The van der Waals surface area contributed by atoms with Gasteiger partial charge in [-0.25, -0.2) is 0 Å². The van der Waals surface area contributed by atoms with Crippen molar-refractivity contribution in [2.24, 2.45) is 0 Å². The van der Waals surface area contributed by atoms with Crippen molar-refractivity contribution in [3.05, 3.63) is 48.6 Å². The molecular weight excluding hydrogens is 789 g/mol. The van der Waals surface area contributed by atoms with Gasteiger partial charge >= 0.3 is 11.9 Å². The minimum Gasteiger partial charge on any atom is -0.462 e. The van der Waals surface area contributed by atoms with Gasteiger partial charge in [-0.1, -0.05) is 268 Å². The molecule has 0 aliphatic rings. The summed E-state index contributed by atoms with van der Waals surface area (Å²) in [6, 6.07) is 0. The van der Waals surface area contributed by atoms with E-state index in [1.165, 1.54) is 186 Å². The Labute approximate surface area is 399 Å². The Balaban J connectivity index is 4.28. The van der Waals surface area contributed by atoms with Crippen LogP contribution in [-0.2, 0) is 23.8 Å². The monoisotopic (exact) mass is 897 g/mol. The van der Waals surface area contributed by atoms with E-state index in [4.69, 9.17) is 14.2 Å². The van der Waals surface area contributed by atoms with Gasteiger partial charge in [-0.15, -0.1) is 0 Å². The van der Waals surface area contributed by atoms with E-state index in [9.17, 15) is 9.59 Å². The first kappa shape index (κ1) is 61.9. The lowest BCUT2D eigenvalue weighted by Gasteiger charge is -2.18. The van der Waals surface area contributed by atoms with Gasteiger partial charge in [0.2, 0.25) is 0 Å². The molecule has 0 N–H and O–H groups in total. The van der Waals surface area contributed by atoms with Gasteiger partial charge in [-0.2, -0.15) is 0 Å². The van der Waals surface area contributed by atoms with Gasteiger partial charge < -0.3 is 14.2 Å². The molecule has 0 fully saturated rings. The SMILES string of the molecule is CC/C=C\C/C=C\C/C=C\C/C=C\CCCCC(=O)O[C@H](COCCCCCCCCCCCCCCCCCC)COC(=O)CCCCCCCCCCCCCCCCCCC. The van der Waals surface area contributed by atoms with Gasteiger partial charge in [-0.3, -0.25) is 9.59 Å². The molecule has 374 valence electrons. The summed E-state index contributed by atoms with van der Waals surface area (Å²) in [4.78, 5) is 25.5. The zero-order valence-electron chi connectivity index (χ0n) is 43.1. The standard InChI is InChI=1S/C59H108O5/c1-4-7-10-13-16-19-22-25-28-30-32-34-37-40-43-46-49-52-58(60)63-56-57(55-62-54-51-48-45-42-39-36-33-29-26-23-20-17-14-11-8-5-2)64-59(61)53-50-47-44-41-38-35-31-27-24-21-18-15-12-9-6-3/h9,12,18,21,27,31,38,41,57H,4-8,10-11,13-17,19-20,22-26,28-30,32-37,39-40,42-56H2,1-3H3/b12-9-,21-18-,31-27-,41-38-/t57-/m1/s1. The second kappa shape index (κ2) is 55.2. The fraction of sp³-hybridized carbons (Fsp3) is 0.831. The minimum absolute atomic E-state index is 0.0739. The smallest absolute Gasteiger partial charge is 0.306 e. The van der Waals surface area contributed by atoms with E-state index in [2.05, 4.69) is 69.4 Å². The maximum atomic E-state index is 12.8. The van der Waals surface area contributed by atoms with Crippen LogP contribution in [0.25, 0.3) is 0 Å². The van der Waals surface area contributed by atoms with Crippen LogP contribution in [0.4, 0.5) is 0 Å². The van der Waals surface area contributed by atoms with Gasteiger partial charge in [0.05, 0.1) is 6.61 Å². The first-order chi connectivity index (χ1) is 31.6. The molecule has 0 spiro atoms. The summed E-state index contributed by atoms with van der Waals surface area (Å²) in [7, 11) is 0. The van der Waals surface area contributed by atoms with Gasteiger partial charge in [0.25, 0.3) is 0 Å². The van der Waals surface area contributed by atoms with Crippen molar-refractivity contribution in [2.75, 3.05) is 19.8 Å². The first-order valence-corrected chi connectivity index (χ1v) is 28.2. The normalized spacial score (nSPS) is 12.5. The van der Waals surface area contributed by atoms with E-state index in [1.807, 2.05) is 0 Å². The van der Waals surface area contributed by atoms with Crippen LogP contribution < -0.4 is 0 Å². The highest BCUT2D eigenvalue weighted by atomic mass is 16.6. The lowest BCUT2D eigenvalue weighted by Crippen LogP contribution is -2.30. The molecule has 0 aromatic carbocycles. The highest BCUT2D eigenvalue weighted by molar-refractivity contribution is 5.70. The summed E-state index contributed by atoms with van der Waals surface area (Å²) in [6.45, 7) is 7.73. The van der Waals surface area contributed by atoms with Crippen LogP contribution >= 0.6 is 0 Å². The van der Waals surface area contributed by atoms with Crippen LogP contribution in [0.2, 0.25) is 0 Å². The summed E-state index contributed by atoms with van der Waals surface area (Å²) in [6.07, 6.45) is 68.5. The maximum absolute atomic E-state index is 12.8. The van der Waals surface area contributed by atoms with Crippen molar-refractivity contribution in [2.45, 2.75) is 297 Å². The van der Waals surface area contributed by atoms with E-state index in [-0.39, 0.29) is 25.2 Å². The Bertz CT molecular complexity index is 1060. The van der Waals surface area contributed by atoms with Gasteiger partial charge in [0, 0.05) is 19.4 Å². The summed E-state index contributed by atoms with van der Waals surface area (Å²) in [5, 5.41) is 0. The summed E-state index contributed by atoms with van der Waals surface area (Å²) < 4.78 is 17.4. The number of ether oxygens (including phenoxy) is 3. The number of hydrogen-bond donors (Lipinski definition) is 0. The number of esters is 2. The van der Waals surface area contributed by atoms with Crippen LogP contribution in [0.5, 0.6) is 0 Å². The predicted octanol–water partition coefficient (Wildman–Crippen LogP) is 19.1. The third-order valence-corrected chi connectivity index (χ3v) is 12.4. The van der Waals surface area contributed by atoms with E-state index in [0.29, 0.717) is 19.4 Å². The van der Waals surface area contributed by atoms with Gasteiger partial charge in [0.15, 0.2) is 6.10 Å². The molecule has 5 nitrogen and oxygen atoms in total. The summed E-state index contributed by atoms with van der Waals surface area (Å²) >= 11 is 0. The van der Waals surface area contributed by atoms with Crippen LogP contribution in [0.3, 0.4) is 0 Å². The molecular formula is C59H108O5. The number of carbonyl (C=O) groups is 2. The zero-order valence-corrected chi connectivity index (χ0v) is 43.1. The quantitative estimate of drug-likeness (QED) is 0.0346. The van der Waals surface area contributed by atoms with Crippen LogP contribution in [0, 0.1) is 0 Å². The number of allylic oxidation sites excluding steroid dienone is 8. The van der Waals surface area contributed by atoms with E-state index in [1.54, 1.807) is 0 Å². The molecule has 0 rings (SSSR count). The molecule has 0 bridgehead atoms. The lowest BCUT2D eigenvalue weighted by molar-refractivity contribution is -0.163. The molecule has 0 aromatic rings. The average Bonchev–Trinajstić information content (AvgIpc) is 3.30. The number of unbranched alkanes of at least 4 members (excludes halogenated alkanes) is 33. The first-order valence-electron chi connectivity index (χ1n) is 28.2. The fourth-order valence-corrected chi connectivity index (χ4v) is 8.21. The molecule has 0 radical (unpaired) electrons. The molecule has 0 unspecified atom stereocenters. The molecule has 0 saturated carbocycles. The third kappa shape index (κ3) is 52.5. The highest BCUT2D eigenvalue weighted by Crippen LogP contribution is 2.16. The number of rotatable bonds is 52. The Hall–Kier alpha value is -2.14. The molecule has 5 heteroatoms. The fourth-order valence-electron chi connectivity index (χ4n) is 8.21. The molecule has 1 atom stereocenters. The summed E-state index contributed by atoms with van der Waals surface area (Å²) in [5.41, 5.74) is 0. The number of hydrogen-bond acceptors (Lipinski definition) is 5. The molecule has 0 saturated heterocycles. The van der Waals surface area contributed by atoms with Crippen LogP contribution in [-0.4, -0.2) is 37.9 Å². The molecule has 64 heavy (non-hydrogen) atoms. The van der Waals surface area contributed by atoms with Crippen molar-refractivity contribution >= 4 is 11.9 Å². The Morgan fingerprint density at radius 3 is 1.12 bits per heavy atom. The van der Waals surface area contributed by atoms with Crippen molar-refractivity contribution in [3.8, 4) is 0 Å². The van der Waals surface area contributed by atoms with Gasteiger partial charge in [-0.05, 0) is 57.8 Å². The molecule has 0 amide bonds. The van der Waals surface area contributed by atoms with Gasteiger partial charge in [0.1, 0.15) is 6.61 Å². The largest absolute Gasteiger partial charge is 0.462 e. The molecule has 0 aromatic heterocycles. The van der Waals surface area contributed by atoms with Crippen molar-refractivity contribution in [1.29, 1.82) is 0 Å². The maximum Gasteiger partial charge on any atom is 0.306 e. The second-order valence-corrected chi connectivity index (χ2v) is 18.8. The minimum atomic E-state index is -0.553. The molecule has 0 aliphatic carbocycles. The molecule has 0 heterocycles. The van der Waals surface area contributed by atoms with Crippen LogP contribution in [0.15, 0.2) is 48.6 Å². The number of carbonyl (C=O) groups excluding carboxylic acids is 2. The Kier molecular flexibility index (Phi) is 53.3. The molecule has 0 aliphatic heterocycles.